The number of hydrogen-bond donors (Lipinski definition) is 0. The molecule has 1 saturated heterocycles. The van der Waals surface area contributed by atoms with Crippen molar-refractivity contribution in [3.63, 3.8) is 0 Å². The molecule has 5 heteroatoms. The first-order valence-corrected chi connectivity index (χ1v) is 7.53. The van der Waals surface area contributed by atoms with Gasteiger partial charge in [0.05, 0.1) is 0 Å². The smallest absolute Gasteiger partial charge is 0.136 e. The molecule has 0 saturated carbocycles. The molecule has 0 spiro atoms. The molecule has 3 nitrogen and oxygen atoms in total. The Morgan fingerprint density at radius 2 is 1.88 bits per heavy atom. The molecule has 1 heterocycles. The predicted octanol–water partition coefficient (Wildman–Crippen LogP) is 1.87. The predicted molar refractivity (Wildman–Crippen MR) is 78.6 cm³/mol. The lowest BCUT2D eigenvalue weighted by atomic mass is 10.1. The van der Waals surface area contributed by atoms with Crippen molar-refractivity contribution in [3.8, 4) is 0 Å². The highest BCUT2D eigenvalue weighted by Crippen LogP contribution is 2.14. The first-order chi connectivity index (χ1) is 8.00. The van der Waals surface area contributed by atoms with Gasteiger partial charge in [-0.1, -0.05) is 37.8 Å². The molecule has 0 unspecified atom stereocenters. The van der Waals surface area contributed by atoms with Gasteiger partial charge in [0.25, 0.3) is 0 Å². The van der Waals surface area contributed by atoms with E-state index in [0.717, 1.165) is 36.3 Å². The number of carbonyl (C=O) groups excluding carboxylic acids is 1. The lowest BCUT2D eigenvalue weighted by Gasteiger charge is -2.33. The highest BCUT2D eigenvalue weighted by atomic mass is 32.2. The maximum atomic E-state index is 11.5. The third-order valence-electron chi connectivity index (χ3n) is 2.98. The first kappa shape index (κ1) is 14.9. The topological polar surface area (TPSA) is 23.6 Å². The molecule has 0 aromatic rings. The Kier molecular flexibility index (Phi) is 6.44. The van der Waals surface area contributed by atoms with Crippen LogP contribution >= 0.6 is 24.0 Å². The summed E-state index contributed by atoms with van der Waals surface area (Å²) in [6.07, 6.45) is 0.635. The fourth-order valence-corrected chi connectivity index (χ4v) is 2.88. The van der Waals surface area contributed by atoms with Crippen LogP contribution in [-0.4, -0.2) is 58.9 Å². The molecule has 1 aliphatic heterocycles. The van der Waals surface area contributed by atoms with E-state index < -0.39 is 0 Å². The van der Waals surface area contributed by atoms with Crippen LogP contribution in [0.3, 0.4) is 0 Å². The summed E-state index contributed by atoms with van der Waals surface area (Å²) in [7, 11) is 2.13. The van der Waals surface area contributed by atoms with Crippen molar-refractivity contribution >= 4 is 34.1 Å². The van der Waals surface area contributed by atoms with Crippen molar-refractivity contribution in [1.29, 1.82) is 0 Å². The van der Waals surface area contributed by atoms with Crippen molar-refractivity contribution in [3.05, 3.63) is 0 Å². The molecular formula is C12H22N2OS2. The molecule has 1 fully saturated rings. The van der Waals surface area contributed by atoms with Crippen molar-refractivity contribution in [2.24, 2.45) is 5.92 Å². The van der Waals surface area contributed by atoms with Gasteiger partial charge in [-0.05, 0) is 7.05 Å². The zero-order valence-corrected chi connectivity index (χ0v) is 12.6. The van der Waals surface area contributed by atoms with Gasteiger partial charge < -0.3 is 9.80 Å². The zero-order chi connectivity index (χ0) is 12.8. The number of thioether (sulfide) groups is 1. The molecule has 0 aliphatic carbocycles. The van der Waals surface area contributed by atoms with Gasteiger partial charge in [0.2, 0.25) is 0 Å². The normalized spacial score (nSPS) is 17.5. The van der Waals surface area contributed by atoms with Crippen molar-refractivity contribution in [2.45, 2.75) is 20.3 Å². The Hall–Kier alpha value is -0.130. The number of piperazine rings is 1. The number of rotatable bonds is 4. The van der Waals surface area contributed by atoms with Crippen LogP contribution in [0.4, 0.5) is 0 Å². The number of likely N-dealkylation sites (N-methyl/N-ethyl adjacent to an activating group) is 1. The number of nitrogens with zero attached hydrogens (tertiary/aromatic N) is 2. The minimum Gasteiger partial charge on any atom is -0.355 e. The minimum atomic E-state index is 0.146. The summed E-state index contributed by atoms with van der Waals surface area (Å²) in [6.45, 7) is 8.08. The summed E-state index contributed by atoms with van der Waals surface area (Å²) in [5.41, 5.74) is 0. The lowest BCUT2D eigenvalue weighted by molar-refractivity contribution is -0.121. The Morgan fingerprint density at radius 3 is 2.41 bits per heavy atom. The second kappa shape index (κ2) is 7.34. The van der Waals surface area contributed by atoms with E-state index in [-0.39, 0.29) is 5.92 Å². The molecule has 0 aromatic heterocycles. The van der Waals surface area contributed by atoms with Gasteiger partial charge in [-0.2, -0.15) is 0 Å². The maximum absolute atomic E-state index is 11.5. The fourth-order valence-electron chi connectivity index (χ4n) is 1.61. The molecule has 1 rings (SSSR count). The van der Waals surface area contributed by atoms with Crippen LogP contribution in [-0.2, 0) is 4.79 Å². The number of Topliss-reactive ketones (excluding diaryl/α,β-unsaturated/α-hetero) is 1. The van der Waals surface area contributed by atoms with Crippen LogP contribution in [0.15, 0.2) is 0 Å². The number of thiocarbonyl (C=S) groups is 1. The molecule has 17 heavy (non-hydrogen) atoms. The van der Waals surface area contributed by atoms with Gasteiger partial charge in [0.1, 0.15) is 10.1 Å². The summed E-state index contributed by atoms with van der Waals surface area (Å²) in [6, 6.07) is 0. The van der Waals surface area contributed by atoms with Gasteiger partial charge in [0, 0.05) is 44.3 Å². The maximum Gasteiger partial charge on any atom is 0.136 e. The molecular weight excluding hydrogens is 252 g/mol. The molecule has 0 amide bonds. The molecule has 0 radical (unpaired) electrons. The van der Waals surface area contributed by atoms with Crippen molar-refractivity contribution < 1.29 is 4.79 Å². The van der Waals surface area contributed by atoms with Gasteiger partial charge in [-0.25, -0.2) is 0 Å². The van der Waals surface area contributed by atoms with Gasteiger partial charge in [-0.15, -0.1) is 0 Å². The molecule has 0 aromatic carbocycles. The first-order valence-electron chi connectivity index (χ1n) is 6.13. The second-order valence-electron chi connectivity index (χ2n) is 4.78. The lowest BCUT2D eigenvalue weighted by Crippen LogP contribution is -2.45. The molecule has 98 valence electrons. The van der Waals surface area contributed by atoms with E-state index in [1.807, 2.05) is 13.8 Å². The number of ketones is 1. The molecule has 1 aliphatic rings. The van der Waals surface area contributed by atoms with Gasteiger partial charge >= 0.3 is 0 Å². The zero-order valence-electron chi connectivity index (χ0n) is 10.9. The van der Waals surface area contributed by atoms with Gasteiger partial charge in [0.15, 0.2) is 0 Å². The fraction of sp³-hybridized carbons (Fsp3) is 0.833. The largest absolute Gasteiger partial charge is 0.355 e. The Balaban J connectivity index is 2.19. The quantitative estimate of drug-likeness (QED) is 0.728. The summed E-state index contributed by atoms with van der Waals surface area (Å²) < 4.78 is 0.953. The SMILES string of the molecule is CC(C)C(=O)CCSC(=S)N1CCN(C)CC1. The Morgan fingerprint density at radius 1 is 1.29 bits per heavy atom. The summed E-state index contributed by atoms with van der Waals surface area (Å²) in [4.78, 5) is 16.0. The van der Waals surface area contributed by atoms with Crippen LogP contribution in [0, 0.1) is 5.92 Å². The number of carbonyl (C=O) groups is 1. The monoisotopic (exact) mass is 274 g/mol. The van der Waals surface area contributed by atoms with E-state index in [0.29, 0.717) is 12.2 Å². The van der Waals surface area contributed by atoms with E-state index in [9.17, 15) is 4.79 Å². The average molecular weight is 274 g/mol. The molecule has 0 bridgehead atoms. The molecule has 0 atom stereocenters. The summed E-state index contributed by atoms with van der Waals surface area (Å²) >= 11 is 7.04. The van der Waals surface area contributed by atoms with Crippen LogP contribution in [0.1, 0.15) is 20.3 Å². The van der Waals surface area contributed by atoms with E-state index in [1.54, 1.807) is 11.8 Å². The summed E-state index contributed by atoms with van der Waals surface area (Å²) in [5.74, 6) is 1.30. The van der Waals surface area contributed by atoms with E-state index in [1.165, 1.54) is 0 Å². The van der Waals surface area contributed by atoms with Gasteiger partial charge in [-0.3, -0.25) is 4.79 Å². The Labute approximate surface area is 114 Å². The minimum absolute atomic E-state index is 0.146. The standard InChI is InChI=1S/C12H22N2OS2/c1-10(2)11(15)4-9-17-12(16)14-7-5-13(3)6-8-14/h10H,4-9H2,1-3H3. The molecule has 0 N–H and O–H groups in total. The third kappa shape index (κ3) is 5.36. The third-order valence-corrected chi connectivity index (χ3v) is 4.50. The van der Waals surface area contributed by atoms with Crippen molar-refractivity contribution in [1.82, 2.24) is 9.80 Å². The van der Waals surface area contributed by atoms with Crippen LogP contribution in [0.2, 0.25) is 0 Å². The summed E-state index contributed by atoms with van der Waals surface area (Å²) in [5, 5.41) is 0. The van der Waals surface area contributed by atoms with E-state index >= 15 is 0 Å². The second-order valence-corrected chi connectivity index (χ2v) is 6.50. The van der Waals surface area contributed by atoms with E-state index in [2.05, 4.69) is 16.8 Å². The average Bonchev–Trinajstić information content (AvgIpc) is 2.29. The Bertz CT molecular complexity index is 274. The number of hydrogen-bond acceptors (Lipinski definition) is 4. The van der Waals surface area contributed by atoms with Crippen LogP contribution in [0.25, 0.3) is 0 Å². The van der Waals surface area contributed by atoms with Crippen LogP contribution in [0.5, 0.6) is 0 Å². The van der Waals surface area contributed by atoms with E-state index in [4.69, 9.17) is 12.2 Å². The highest BCUT2D eigenvalue weighted by molar-refractivity contribution is 8.22. The van der Waals surface area contributed by atoms with Crippen LogP contribution < -0.4 is 0 Å². The highest BCUT2D eigenvalue weighted by Gasteiger charge is 2.16. The van der Waals surface area contributed by atoms with Crippen molar-refractivity contribution in [2.75, 3.05) is 39.0 Å².